The fourth-order valence-electron chi connectivity index (χ4n) is 2.83. The molecule has 1 atom stereocenters. The van der Waals surface area contributed by atoms with Gasteiger partial charge in [0.1, 0.15) is 16.5 Å². The van der Waals surface area contributed by atoms with Crippen molar-refractivity contribution in [3.8, 4) is 22.1 Å². The van der Waals surface area contributed by atoms with Crippen LogP contribution in [0.2, 0.25) is 0 Å². The lowest BCUT2D eigenvalue weighted by Gasteiger charge is -2.20. The lowest BCUT2D eigenvalue weighted by atomic mass is 9.87. The molecule has 0 radical (unpaired) electrons. The Labute approximate surface area is 181 Å². The van der Waals surface area contributed by atoms with Gasteiger partial charge in [-0.15, -0.1) is 10.2 Å². The highest BCUT2D eigenvalue weighted by Crippen LogP contribution is 2.28. The number of amides is 1. The Morgan fingerprint density at radius 3 is 2.23 bits per heavy atom. The van der Waals surface area contributed by atoms with E-state index in [0.29, 0.717) is 17.3 Å². The van der Waals surface area contributed by atoms with Gasteiger partial charge >= 0.3 is 0 Å². The van der Waals surface area contributed by atoms with Crippen molar-refractivity contribution in [2.75, 3.05) is 12.4 Å². The van der Waals surface area contributed by atoms with Crippen LogP contribution in [0.4, 0.5) is 5.13 Å². The molecule has 0 unspecified atom stereocenters. The van der Waals surface area contributed by atoms with Crippen LogP contribution in [0.25, 0.3) is 10.6 Å². The summed E-state index contributed by atoms with van der Waals surface area (Å²) < 4.78 is 11.1. The number of methoxy groups -OCH3 is 1. The third kappa shape index (κ3) is 5.36. The molecule has 3 aromatic rings. The molecular weight excluding hydrogens is 398 g/mol. The van der Waals surface area contributed by atoms with Crippen LogP contribution < -0.4 is 14.8 Å². The molecular formula is C23H27N3O3S. The van der Waals surface area contributed by atoms with Crippen LogP contribution in [0.1, 0.15) is 39.7 Å². The Morgan fingerprint density at radius 1 is 1.03 bits per heavy atom. The maximum absolute atomic E-state index is 12.7. The summed E-state index contributed by atoms with van der Waals surface area (Å²) in [5, 5.41) is 12.2. The topological polar surface area (TPSA) is 73.3 Å². The predicted molar refractivity (Wildman–Crippen MR) is 120 cm³/mol. The van der Waals surface area contributed by atoms with Crippen LogP contribution in [-0.4, -0.2) is 29.3 Å². The monoisotopic (exact) mass is 425 g/mol. The van der Waals surface area contributed by atoms with E-state index in [2.05, 4.69) is 36.3 Å². The molecule has 0 fully saturated rings. The van der Waals surface area contributed by atoms with Crippen LogP contribution in [0.5, 0.6) is 11.5 Å². The molecule has 0 aliphatic rings. The number of nitrogens with one attached hydrogen (secondary N) is 1. The van der Waals surface area contributed by atoms with Crippen molar-refractivity contribution in [3.05, 3.63) is 54.1 Å². The van der Waals surface area contributed by atoms with Crippen LogP contribution in [-0.2, 0) is 10.2 Å². The molecule has 1 N–H and O–H groups in total. The summed E-state index contributed by atoms with van der Waals surface area (Å²) in [7, 11) is 1.62. The third-order valence-corrected chi connectivity index (χ3v) is 5.54. The van der Waals surface area contributed by atoms with Crippen molar-refractivity contribution in [3.63, 3.8) is 0 Å². The number of ether oxygens (including phenoxy) is 2. The molecule has 0 aliphatic carbocycles. The Kier molecular flexibility index (Phi) is 6.72. The summed E-state index contributed by atoms with van der Waals surface area (Å²) >= 11 is 1.32. The number of nitrogens with zero attached hydrogens (tertiary/aromatic N) is 2. The van der Waals surface area contributed by atoms with Gasteiger partial charge in [-0.25, -0.2) is 0 Å². The van der Waals surface area contributed by atoms with Crippen LogP contribution in [0.15, 0.2) is 48.5 Å². The summed E-state index contributed by atoms with van der Waals surface area (Å²) in [5.74, 6) is 1.20. The fraction of sp³-hybridized carbons (Fsp3) is 0.348. The van der Waals surface area contributed by atoms with Gasteiger partial charge in [-0.2, -0.15) is 0 Å². The van der Waals surface area contributed by atoms with Gasteiger partial charge in [0.05, 0.1) is 7.11 Å². The Hall–Kier alpha value is -2.93. The van der Waals surface area contributed by atoms with E-state index in [0.717, 1.165) is 16.3 Å². The van der Waals surface area contributed by atoms with E-state index in [1.54, 1.807) is 7.11 Å². The van der Waals surface area contributed by atoms with Crippen LogP contribution in [0, 0.1) is 0 Å². The Morgan fingerprint density at radius 2 is 1.67 bits per heavy atom. The second-order valence-electron chi connectivity index (χ2n) is 7.92. The van der Waals surface area contributed by atoms with E-state index in [1.807, 2.05) is 55.5 Å². The number of carbonyl (C=O) groups excluding carboxylic acids is 1. The molecule has 0 spiro atoms. The van der Waals surface area contributed by atoms with E-state index in [1.165, 1.54) is 16.9 Å². The smallest absolute Gasteiger partial charge is 0.267 e. The normalized spacial score (nSPS) is 12.3. The molecule has 0 bridgehead atoms. The van der Waals surface area contributed by atoms with Crippen molar-refractivity contribution in [2.24, 2.45) is 0 Å². The molecule has 0 saturated heterocycles. The lowest BCUT2D eigenvalue weighted by molar-refractivity contribution is -0.122. The van der Waals surface area contributed by atoms with Gasteiger partial charge in [-0.1, -0.05) is 51.2 Å². The number of hydrogen-bond donors (Lipinski definition) is 1. The summed E-state index contributed by atoms with van der Waals surface area (Å²) in [5.41, 5.74) is 2.20. The molecule has 0 saturated carbocycles. The molecule has 7 heteroatoms. The molecule has 30 heavy (non-hydrogen) atoms. The second kappa shape index (κ2) is 9.26. The van der Waals surface area contributed by atoms with Crippen molar-refractivity contribution < 1.29 is 14.3 Å². The predicted octanol–water partition coefficient (Wildman–Crippen LogP) is 5.31. The van der Waals surface area contributed by atoms with Crippen LogP contribution in [0.3, 0.4) is 0 Å². The maximum Gasteiger partial charge on any atom is 0.267 e. The zero-order valence-electron chi connectivity index (χ0n) is 17.9. The van der Waals surface area contributed by atoms with E-state index < -0.39 is 6.10 Å². The highest BCUT2D eigenvalue weighted by Gasteiger charge is 2.21. The first kappa shape index (κ1) is 21.8. The molecule has 6 nitrogen and oxygen atoms in total. The number of hydrogen-bond acceptors (Lipinski definition) is 6. The molecule has 2 aromatic carbocycles. The minimum Gasteiger partial charge on any atom is -0.497 e. The van der Waals surface area contributed by atoms with Gasteiger partial charge in [-0.3, -0.25) is 10.1 Å². The average molecular weight is 426 g/mol. The minimum atomic E-state index is -0.612. The van der Waals surface area contributed by atoms with E-state index >= 15 is 0 Å². The largest absolute Gasteiger partial charge is 0.497 e. The Balaban J connectivity index is 1.64. The number of anilines is 1. The van der Waals surface area contributed by atoms with Gasteiger partial charge in [-0.05, 0) is 53.8 Å². The van der Waals surface area contributed by atoms with E-state index in [9.17, 15) is 4.79 Å². The van der Waals surface area contributed by atoms with Gasteiger partial charge in [0.25, 0.3) is 5.91 Å². The van der Waals surface area contributed by atoms with Crippen molar-refractivity contribution in [1.29, 1.82) is 0 Å². The average Bonchev–Trinajstić information content (AvgIpc) is 3.20. The first-order valence-electron chi connectivity index (χ1n) is 9.86. The van der Waals surface area contributed by atoms with Gasteiger partial charge in [0.15, 0.2) is 6.10 Å². The van der Waals surface area contributed by atoms with Crippen molar-refractivity contribution in [1.82, 2.24) is 10.2 Å². The third-order valence-electron chi connectivity index (χ3n) is 4.65. The zero-order valence-corrected chi connectivity index (χ0v) is 18.7. The number of benzene rings is 2. The summed E-state index contributed by atoms with van der Waals surface area (Å²) in [6, 6.07) is 15.4. The molecule has 1 amide bonds. The zero-order chi connectivity index (χ0) is 21.7. The SMILES string of the molecule is CC[C@@H](Oc1ccc(C(C)(C)C)cc1)C(=O)Nc1nnc(-c2ccc(OC)cc2)s1. The standard InChI is InChI=1S/C23H27N3O3S/c1-6-19(29-18-13-9-16(10-14-18)23(2,3)4)20(27)24-22-26-25-21(30-22)15-7-11-17(28-5)12-8-15/h7-14,19H,6H2,1-5H3,(H,24,26,27)/t19-/m1/s1. The number of carbonyl (C=O) groups is 1. The van der Waals surface area contributed by atoms with Gasteiger partial charge < -0.3 is 9.47 Å². The fourth-order valence-corrected chi connectivity index (χ4v) is 3.58. The van der Waals surface area contributed by atoms with E-state index in [-0.39, 0.29) is 11.3 Å². The van der Waals surface area contributed by atoms with Crippen molar-refractivity contribution >= 4 is 22.4 Å². The maximum atomic E-state index is 12.7. The number of rotatable bonds is 7. The minimum absolute atomic E-state index is 0.0689. The van der Waals surface area contributed by atoms with Crippen molar-refractivity contribution in [2.45, 2.75) is 45.6 Å². The van der Waals surface area contributed by atoms with Gasteiger partial charge in [0, 0.05) is 5.56 Å². The summed E-state index contributed by atoms with van der Waals surface area (Å²) in [4.78, 5) is 12.7. The summed E-state index contributed by atoms with van der Waals surface area (Å²) in [6.07, 6.45) is -0.0735. The quantitative estimate of drug-likeness (QED) is 0.555. The Bertz CT molecular complexity index is 976. The second-order valence-corrected chi connectivity index (χ2v) is 8.90. The van der Waals surface area contributed by atoms with E-state index in [4.69, 9.17) is 9.47 Å². The molecule has 0 aliphatic heterocycles. The first-order valence-corrected chi connectivity index (χ1v) is 10.7. The van der Waals surface area contributed by atoms with Crippen LogP contribution >= 0.6 is 11.3 Å². The lowest BCUT2D eigenvalue weighted by Crippen LogP contribution is -2.32. The molecule has 1 heterocycles. The molecule has 158 valence electrons. The highest BCUT2D eigenvalue weighted by molar-refractivity contribution is 7.18. The molecule has 1 aromatic heterocycles. The number of aromatic nitrogens is 2. The molecule has 3 rings (SSSR count). The van der Waals surface area contributed by atoms with Gasteiger partial charge in [0.2, 0.25) is 5.13 Å². The summed E-state index contributed by atoms with van der Waals surface area (Å²) in [6.45, 7) is 8.39. The highest BCUT2D eigenvalue weighted by atomic mass is 32.1. The first-order chi connectivity index (χ1) is 14.3.